The molecule has 1 atom stereocenters. The second kappa shape index (κ2) is 9.89. The van der Waals surface area contributed by atoms with Gasteiger partial charge in [0, 0.05) is 24.1 Å². The Morgan fingerprint density at radius 2 is 1.90 bits per heavy atom. The number of carbonyl (C=O) groups excluding carboxylic acids is 3. The molecule has 0 bridgehead atoms. The van der Waals surface area contributed by atoms with Crippen molar-refractivity contribution in [2.24, 2.45) is 5.92 Å². The lowest BCUT2D eigenvalue weighted by molar-refractivity contribution is -0.151. The van der Waals surface area contributed by atoms with Gasteiger partial charge < -0.3 is 24.4 Å². The van der Waals surface area contributed by atoms with Gasteiger partial charge in [0.05, 0.1) is 36.5 Å². The Bertz CT molecular complexity index is 1010. The number of anilines is 2. The van der Waals surface area contributed by atoms with Crippen molar-refractivity contribution >= 4 is 52.4 Å². The fraction of sp³-hybridized carbons (Fsp3) is 0.286. The van der Waals surface area contributed by atoms with Crippen LogP contribution in [-0.4, -0.2) is 45.2 Å². The fourth-order valence-corrected chi connectivity index (χ4v) is 3.48. The molecule has 1 N–H and O–H groups in total. The van der Waals surface area contributed by atoms with Gasteiger partial charge >= 0.3 is 5.97 Å². The van der Waals surface area contributed by atoms with Gasteiger partial charge in [0.15, 0.2) is 6.61 Å². The third kappa shape index (κ3) is 5.39. The zero-order valence-corrected chi connectivity index (χ0v) is 18.3. The van der Waals surface area contributed by atoms with Gasteiger partial charge in [-0.3, -0.25) is 14.4 Å². The summed E-state index contributed by atoms with van der Waals surface area (Å²) in [4.78, 5) is 38.5. The van der Waals surface area contributed by atoms with Crippen molar-refractivity contribution in [2.45, 2.75) is 6.42 Å². The lowest BCUT2D eigenvalue weighted by Gasteiger charge is -2.20. The molecule has 0 aromatic heterocycles. The maximum Gasteiger partial charge on any atom is 0.311 e. The Balaban J connectivity index is 1.60. The summed E-state index contributed by atoms with van der Waals surface area (Å²) in [5.74, 6) is -1.18. The molecule has 1 saturated heterocycles. The first-order chi connectivity index (χ1) is 14.8. The number of rotatable bonds is 7. The first kappa shape index (κ1) is 22.7. The lowest BCUT2D eigenvalue weighted by atomic mass is 10.1. The molecule has 0 saturated carbocycles. The Morgan fingerprint density at radius 1 is 1.13 bits per heavy atom. The number of hydrogen-bond donors (Lipinski definition) is 1. The normalized spacial score (nSPS) is 15.5. The van der Waals surface area contributed by atoms with Crippen molar-refractivity contribution < 1.29 is 28.6 Å². The predicted molar refractivity (Wildman–Crippen MR) is 116 cm³/mol. The lowest BCUT2D eigenvalue weighted by Crippen LogP contribution is -2.28. The van der Waals surface area contributed by atoms with Crippen LogP contribution in [0.5, 0.6) is 11.5 Å². The Kier molecular flexibility index (Phi) is 7.25. The zero-order valence-electron chi connectivity index (χ0n) is 16.8. The number of halogens is 2. The van der Waals surface area contributed by atoms with Crippen LogP contribution >= 0.6 is 23.2 Å². The Labute approximate surface area is 189 Å². The van der Waals surface area contributed by atoms with Crippen LogP contribution in [0, 0.1) is 5.92 Å². The molecular weight excluding hydrogens is 447 g/mol. The molecule has 1 aliphatic rings. The number of esters is 1. The van der Waals surface area contributed by atoms with E-state index in [9.17, 15) is 14.4 Å². The van der Waals surface area contributed by atoms with Gasteiger partial charge in [-0.1, -0.05) is 23.2 Å². The molecule has 0 radical (unpaired) electrons. The molecule has 1 heterocycles. The molecule has 1 aliphatic heterocycles. The number of amides is 2. The van der Waals surface area contributed by atoms with Crippen LogP contribution < -0.4 is 19.7 Å². The average molecular weight is 467 g/mol. The molecule has 8 nitrogen and oxygen atoms in total. The molecule has 2 aromatic rings. The van der Waals surface area contributed by atoms with Gasteiger partial charge in [-0.05, 0) is 30.3 Å². The van der Waals surface area contributed by atoms with Crippen LogP contribution in [0.4, 0.5) is 11.4 Å². The molecule has 2 aromatic carbocycles. The van der Waals surface area contributed by atoms with Gasteiger partial charge in [0.1, 0.15) is 11.5 Å². The largest absolute Gasteiger partial charge is 0.497 e. The van der Waals surface area contributed by atoms with E-state index in [1.54, 1.807) is 24.3 Å². The maximum atomic E-state index is 12.5. The number of benzene rings is 2. The summed E-state index contributed by atoms with van der Waals surface area (Å²) >= 11 is 11.9. The van der Waals surface area contributed by atoms with Crippen molar-refractivity contribution in [1.29, 1.82) is 0 Å². The highest BCUT2D eigenvalue weighted by Crippen LogP contribution is 2.36. The second-order valence-corrected chi connectivity index (χ2v) is 7.57. The maximum absolute atomic E-state index is 12.5. The van der Waals surface area contributed by atoms with E-state index in [1.807, 2.05) is 0 Å². The van der Waals surface area contributed by atoms with E-state index in [2.05, 4.69) is 5.32 Å². The van der Waals surface area contributed by atoms with E-state index in [0.29, 0.717) is 32.9 Å². The minimum Gasteiger partial charge on any atom is -0.497 e. The number of nitrogens with zero attached hydrogens (tertiary/aromatic N) is 1. The number of carbonyl (C=O) groups is 3. The Hall–Kier alpha value is -2.97. The highest BCUT2D eigenvalue weighted by Gasteiger charge is 2.37. The smallest absolute Gasteiger partial charge is 0.311 e. The van der Waals surface area contributed by atoms with E-state index in [0.717, 1.165) is 0 Å². The van der Waals surface area contributed by atoms with Crippen LogP contribution in [0.25, 0.3) is 0 Å². The quantitative estimate of drug-likeness (QED) is 0.627. The number of methoxy groups -OCH3 is 2. The SMILES string of the molecule is COc1ccc(OC)c(N2C[C@@H](C(=O)OCC(=O)Nc3cc(Cl)ccc3Cl)CC2=O)c1. The van der Waals surface area contributed by atoms with Gasteiger partial charge in [-0.15, -0.1) is 0 Å². The number of nitrogens with one attached hydrogen (secondary N) is 1. The van der Waals surface area contributed by atoms with E-state index in [4.69, 9.17) is 37.4 Å². The monoisotopic (exact) mass is 466 g/mol. The topological polar surface area (TPSA) is 94.2 Å². The third-order valence-electron chi connectivity index (χ3n) is 4.68. The summed E-state index contributed by atoms with van der Waals surface area (Å²) in [5.41, 5.74) is 0.804. The molecule has 2 amide bonds. The Morgan fingerprint density at radius 3 is 2.61 bits per heavy atom. The number of ether oxygens (including phenoxy) is 3. The zero-order chi connectivity index (χ0) is 22.5. The van der Waals surface area contributed by atoms with Crippen LogP contribution in [-0.2, 0) is 19.1 Å². The van der Waals surface area contributed by atoms with Gasteiger partial charge in [0.2, 0.25) is 5.91 Å². The van der Waals surface area contributed by atoms with Gasteiger partial charge in [0.25, 0.3) is 5.91 Å². The first-order valence-corrected chi connectivity index (χ1v) is 10.0. The van der Waals surface area contributed by atoms with Crippen molar-refractivity contribution in [1.82, 2.24) is 0 Å². The third-order valence-corrected chi connectivity index (χ3v) is 5.25. The summed E-state index contributed by atoms with van der Waals surface area (Å²) in [5, 5.41) is 3.22. The standard InChI is InChI=1S/C21H20Cl2N2O6/c1-29-14-4-6-18(30-2)17(9-14)25-10-12(7-20(25)27)21(28)31-11-19(26)24-16-8-13(22)3-5-15(16)23/h3-6,8-9,12H,7,10-11H2,1-2H3,(H,24,26)/t12-/m0/s1. The van der Waals surface area contributed by atoms with Crippen LogP contribution in [0.2, 0.25) is 10.0 Å². The van der Waals surface area contributed by atoms with Crippen molar-refractivity contribution in [3.8, 4) is 11.5 Å². The molecule has 164 valence electrons. The predicted octanol–water partition coefficient (Wildman–Crippen LogP) is 3.55. The molecule has 1 fully saturated rings. The molecule has 10 heteroatoms. The molecular formula is C21H20Cl2N2O6. The molecule has 31 heavy (non-hydrogen) atoms. The molecule has 0 aliphatic carbocycles. The van der Waals surface area contributed by atoms with Gasteiger partial charge in [-0.25, -0.2) is 0 Å². The minimum atomic E-state index is -0.717. The van der Waals surface area contributed by atoms with Crippen LogP contribution in [0.15, 0.2) is 36.4 Å². The summed E-state index contributed by atoms with van der Waals surface area (Å²) in [6.45, 7) is -0.419. The summed E-state index contributed by atoms with van der Waals surface area (Å²) in [6, 6.07) is 9.65. The summed E-state index contributed by atoms with van der Waals surface area (Å²) < 4.78 is 15.6. The van der Waals surface area contributed by atoms with Gasteiger partial charge in [-0.2, -0.15) is 0 Å². The molecule has 3 rings (SSSR count). The first-order valence-electron chi connectivity index (χ1n) is 9.26. The van der Waals surface area contributed by atoms with Crippen LogP contribution in [0.1, 0.15) is 6.42 Å². The van der Waals surface area contributed by atoms with E-state index in [-0.39, 0.29) is 18.9 Å². The molecule has 0 spiro atoms. The fourth-order valence-electron chi connectivity index (χ4n) is 3.14. The second-order valence-electron chi connectivity index (χ2n) is 6.72. The highest BCUT2D eigenvalue weighted by molar-refractivity contribution is 6.35. The minimum absolute atomic E-state index is 0.0407. The number of hydrogen-bond acceptors (Lipinski definition) is 6. The summed E-state index contributed by atoms with van der Waals surface area (Å²) in [6.07, 6.45) is -0.0407. The van der Waals surface area contributed by atoms with Crippen LogP contribution in [0.3, 0.4) is 0 Å². The van der Waals surface area contributed by atoms with Crippen molar-refractivity contribution in [2.75, 3.05) is 37.6 Å². The van der Waals surface area contributed by atoms with E-state index < -0.39 is 24.4 Å². The van der Waals surface area contributed by atoms with E-state index >= 15 is 0 Å². The highest BCUT2D eigenvalue weighted by atomic mass is 35.5. The average Bonchev–Trinajstić information content (AvgIpc) is 3.15. The van der Waals surface area contributed by atoms with E-state index in [1.165, 1.54) is 31.3 Å². The molecule has 0 unspecified atom stereocenters. The van der Waals surface area contributed by atoms with Crippen molar-refractivity contribution in [3.63, 3.8) is 0 Å². The van der Waals surface area contributed by atoms with Crippen molar-refractivity contribution in [3.05, 3.63) is 46.4 Å². The summed E-state index contributed by atoms with van der Waals surface area (Å²) in [7, 11) is 3.00.